The molecule has 3 aliphatic carbocycles. The van der Waals surface area contributed by atoms with Gasteiger partial charge in [-0.2, -0.15) is 10.5 Å². The lowest BCUT2D eigenvalue weighted by molar-refractivity contribution is -0.149. The summed E-state index contributed by atoms with van der Waals surface area (Å²) >= 11 is 0. The van der Waals surface area contributed by atoms with E-state index in [4.69, 9.17) is 4.74 Å². The molecule has 6 heteroatoms. The second-order valence-corrected chi connectivity index (χ2v) is 7.69. The van der Waals surface area contributed by atoms with Crippen LogP contribution >= 0.6 is 0 Å². The molecule has 3 heterocycles. The van der Waals surface area contributed by atoms with Gasteiger partial charge in [-0.05, 0) is 25.7 Å². The molecule has 0 radical (unpaired) electrons. The molecule has 5 aliphatic rings. The van der Waals surface area contributed by atoms with E-state index in [1.807, 2.05) is 4.90 Å². The van der Waals surface area contributed by atoms with Crippen LogP contribution in [-0.2, 0) is 4.79 Å². The predicted octanol–water partition coefficient (Wildman–Crippen LogP) is 2.07. The number of pyridine rings is 1. The van der Waals surface area contributed by atoms with Crippen molar-refractivity contribution in [2.24, 2.45) is 10.8 Å². The van der Waals surface area contributed by atoms with Crippen LogP contribution in [0.5, 0.6) is 5.75 Å². The fourth-order valence-corrected chi connectivity index (χ4v) is 5.26. The lowest BCUT2D eigenvalue weighted by Gasteiger charge is -2.44. The third kappa shape index (κ3) is 1.54. The van der Waals surface area contributed by atoms with Crippen molar-refractivity contribution in [2.75, 3.05) is 6.54 Å². The normalized spacial score (nSPS) is 37.7. The Balaban J connectivity index is 1.48. The number of ether oxygens (including phenoxy) is 1. The highest BCUT2D eigenvalue weighted by Gasteiger charge is 2.66. The Morgan fingerprint density at radius 3 is 2.88 bits per heavy atom. The van der Waals surface area contributed by atoms with E-state index < -0.39 is 0 Å². The van der Waals surface area contributed by atoms with E-state index in [0.717, 1.165) is 24.8 Å². The van der Waals surface area contributed by atoms with E-state index in [2.05, 4.69) is 17.1 Å². The number of hydrogen-bond acceptors (Lipinski definition) is 5. The van der Waals surface area contributed by atoms with Crippen LogP contribution in [0.4, 0.5) is 0 Å². The molecule has 0 N–H and O–H groups in total. The number of nitrogens with zero attached hydrogens (tertiary/aromatic N) is 4. The SMILES string of the molecule is N#Cc1cncc2c1O[C@H]1C[C@@H]2N(C(=O)C23CCC(C#N)(C2)C3)C1. The van der Waals surface area contributed by atoms with Gasteiger partial charge >= 0.3 is 0 Å². The van der Waals surface area contributed by atoms with Crippen molar-refractivity contribution in [1.82, 2.24) is 9.88 Å². The van der Waals surface area contributed by atoms with E-state index in [0.29, 0.717) is 30.7 Å². The van der Waals surface area contributed by atoms with E-state index >= 15 is 0 Å². The number of aromatic nitrogens is 1. The number of likely N-dealkylation sites (tertiary alicyclic amines) is 1. The highest BCUT2D eigenvalue weighted by Crippen LogP contribution is 2.68. The van der Waals surface area contributed by atoms with Crippen molar-refractivity contribution in [3.63, 3.8) is 0 Å². The van der Waals surface area contributed by atoms with Gasteiger partial charge in [-0.15, -0.1) is 0 Å². The minimum Gasteiger partial charge on any atom is -0.487 e. The first-order valence-corrected chi connectivity index (χ1v) is 8.37. The van der Waals surface area contributed by atoms with Crippen molar-refractivity contribution < 1.29 is 9.53 Å². The summed E-state index contributed by atoms with van der Waals surface area (Å²) < 4.78 is 5.97. The number of nitriles is 2. The van der Waals surface area contributed by atoms with Gasteiger partial charge in [0.05, 0.1) is 29.5 Å². The maximum absolute atomic E-state index is 13.2. The first kappa shape index (κ1) is 13.8. The molecule has 1 saturated heterocycles. The van der Waals surface area contributed by atoms with Crippen molar-refractivity contribution in [2.45, 2.75) is 44.2 Å². The fraction of sp³-hybridized carbons (Fsp3) is 0.556. The minimum atomic E-state index is -0.340. The molecule has 6 nitrogen and oxygen atoms in total. The largest absolute Gasteiger partial charge is 0.487 e. The van der Waals surface area contributed by atoms with Gasteiger partial charge in [0.15, 0.2) is 0 Å². The lowest BCUT2D eigenvalue weighted by atomic mass is 9.60. The molecule has 1 amide bonds. The second-order valence-electron chi connectivity index (χ2n) is 7.69. The lowest BCUT2D eigenvalue weighted by Crippen LogP contribution is -2.49. The average molecular weight is 320 g/mol. The maximum atomic E-state index is 13.2. The first-order chi connectivity index (χ1) is 11.6. The zero-order valence-corrected chi connectivity index (χ0v) is 13.2. The average Bonchev–Trinajstić information content (AvgIpc) is 3.24. The van der Waals surface area contributed by atoms with Gasteiger partial charge in [-0.3, -0.25) is 9.78 Å². The monoisotopic (exact) mass is 320 g/mol. The van der Waals surface area contributed by atoms with Crippen LogP contribution in [-0.4, -0.2) is 28.4 Å². The quantitative estimate of drug-likeness (QED) is 0.790. The molecule has 2 aliphatic heterocycles. The van der Waals surface area contributed by atoms with Gasteiger partial charge in [0, 0.05) is 24.4 Å². The summed E-state index contributed by atoms with van der Waals surface area (Å²) in [7, 11) is 0. The van der Waals surface area contributed by atoms with Gasteiger partial charge in [-0.25, -0.2) is 0 Å². The Labute approximate surface area is 139 Å². The molecule has 0 spiro atoms. The summed E-state index contributed by atoms with van der Waals surface area (Å²) in [4.78, 5) is 19.3. The number of carbonyl (C=O) groups excluding carboxylic acids is 1. The van der Waals surface area contributed by atoms with Crippen molar-refractivity contribution in [3.8, 4) is 17.9 Å². The van der Waals surface area contributed by atoms with Gasteiger partial charge in [0.25, 0.3) is 0 Å². The molecule has 4 fully saturated rings. The molecule has 0 unspecified atom stereocenters. The fourth-order valence-electron chi connectivity index (χ4n) is 5.26. The van der Waals surface area contributed by atoms with E-state index in [1.54, 1.807) is 6.20 Å². The summed E-state index contributed by atoms with van der Waals surface area (Å²) in [6, 6.07) is 4.48. The summed E-state index contributed by atoms with van der Waals surface area (Å²) in [6.07, 6.45) is 6.99. The highest BCUT2D eigenvalue weighted by molar-refractivity contribution is 5.86. The molecule has 24 heavy (non-hydrogen) atoms. The smallest absolute Gasteiger partial charge is 0.229 e. The van der Waals surface area contributed by atoms with Crippen LogP contribution in [0.25, 0.3) is 0 Å². The summed E-state index contributed by atoms with van der Waals surface area (Å²) in [5.74, 6) is 0.755. The van der Waals surface area contributed by atoms with E-state index in [1.165, 1.54) is 6.20 Å². The van der Waals surface area contributed by atoms with Gasteiger partial charge < -0.3 is 9.64 Å². The number of rotatable bonds is 1. The van der Waals surface area contributed by atoms with Crippen LogP contribution in [0.2, 0.25) is 0 Å². The predicted molar refractivity (Wildman–Crippen MR) is 81.4 cm³/mol. The number of carbonyl (C=O) groups is 1. The molecule has 4 bridgehead atoms. The Kier molecular flexibility index (Phi) is 2.46. The summed E-state index contributed by atoms with van der Waals surface area (Å²) in [6.45, 7) is 0.560. The van der Waals surface area contributed by atoms with Crippen molar-refractivity contribution in [3.05, 3.63) is 23.5 Å². The molecule has 3 saturated carbocycles. The minimum absolute atomic E-state index is 0.0560. The molecule has 0 aromatic carbocycles. The Morgan fingerprint density at radius 1 is 1.33 bits per heavy atom. The zero-order valence-electron chi connectivity index (χ0n) is 13.2. The maximum Gasteiger partial charge on any atom is 0.229 e. The molecule has 6 rings (SSSR count). The van der Waals surface area contributed by atoms with Crippen LogP contribution in [0.15, 0.2) is 12.4 Å². The Hall–Kier alpha value is -2.60. The second kappa shape index (κ2) is 4.27. The van der Waals surface area contributed by atoms with E-state index in [9.17, 15) is 15.3 Å². The first-order valence-electron chi connectivity index (χ1n) is 8.37. The molecule has 1 aromatic rings. The van der Waals surface area contributed by atoms with Crippen LogP contribution in [0.3, 0.4) is 0 Å². The van der Waals surface area contributed by atoms with Crippen LogP contribution in [0, 0.1) is 33.5 Å². The number of hydrogen-bond donors (Lipinski definition) is 0. The highest BCUT2D eigenvalue weighted by atomic mass is 16.5. The van der Waals surface area contributed by atoms with Gasteiger partial charge in [-0.1, -0.05) is 0 Å². The third-order valence-electron chi connectivity index (χ3n) is 6.34. The van der Waals surface area contributed by atoms with Crippen LogP contribution < -0.4 is 4.74 Å². The standard InChI is InChI=1S/C18H16N4O2/c19-4-11-5-21-6-13-14-3-12(24-15(11)13)7-22(14)16(23)18-2-1-17(8-18,9-18)10-20/h5-6,12,14H,1-3,7-9H2/t12-,14-,17?,18?/m0/s1. The molecule has 2 atom stereocenters. The van der Waals surface area contributed by atoms with Gasteiger partial charge in [0.2, 0.25) is 5.91 Å². The molecule has 1 aromatic heterocycles. The van der Waals surface area contributed by atoms with Gasteiger partial charge in [0.1, 0.15) is 23.5 Å². The van der Waals surface area contributed by atoms with E-state index in [-0.39, 0.29) is 28.9 Å². The van der Waals surface area contributed by atoms with Crippen LogP contribution in [0.1, 0.15) is 49.3 Å². The van der Waals surface area contributed by atoms with Crippen molar-refractivity contribution in [1.29, 1.82) is 10.5 Å². The zero-order chi connectivity index (χ0) is 16.5. The molecular weight excluding hydrogens is 304 g/mol. The summed E-state index contributed by atoms with van der Waals surface area (Å²) in [5.41, 5.74) is 0.682. The Bertz CT molecular complexity index is 844. The topological polar surface area (TPSA) is 90.0 Å². The summed E-state index contributed by atoms with van der Waals surface area (Å²) in [5, 5.41) is 18.6. The number of amides is 1. The third-order valence-corrected chi connectivity index (χ3v) is 6.34. The van der Waals surface area contributed by atoms with Crippen molar-refractivity contribution >= 4 is 5.91 Å². The molecule has 120 valence electrons. The molecular formula is C18H16N4O2. The Morgan fingerprint density at radius 2 is 2.17 bits per heavy atom. The number of fused-ring (bicyclic) bond motifs is 5.